The summed E-state index contributed by atoms with van der Waals surface area (Å²) < 4.78 is 41.4. The zero-order valence-corrected chi connectivity index (χ0v) is 20.3. The van der Waals surface area contributed by atoms with Crippen molar-refractivity contribution < 1.29 is 13.2 Å². The summed E-state index contributed by atoms with van der Waals surface area (Å²) in [4.78, 5) is 20.6. The number of nitrogen functional groups attached to an aromatic ring is 1. The topological polar surface area (TPSA) is 64.2 Å². The van der Waals surface area contributed by atoms with E-state index in [0.717, 1.165) is 17.2 Å². The van der Waals surface area contributed by atoms with Gasteiger partial charge in [0.25, 0.3) is 5.56 Å². The van der Waals surface area contributed by atoms with Crippen LogP contribution in [0.25, 0.3) is 0 Å². The molecular formula is C29H27F3N4O. The van der Waals surface area contributed by atoms with Crippen molar-refractivity contribution in [2.24, 2.45) is 0 Å². The van der Waals surface area contributed by atoms with Crippen molar-refractivity contribution >= 4 is 5.95 Å². The van der Waals surface area contributed by atoms with Crippen molar-refractivity contribution in [1.82, 2.24) is 14.5 Å². The molecular weight excluding hydrogens is 477 g/mol. The molecule has 1 aliphatic heterocycles. The minimum absolute atomic E-state index is 0.140. The average Bonchev–Trinajstić information content (AvgIpc) is 2.91. The third-order valence-electron chi connectivity index (χ3n) is 7.05. The number of aromatic nitrogens is 2. The number of nitrogens with two attached hydrogens (primary N) is 1. The quantitative estimate of drug-likeness (QED) is 0.384. The van der Waals surface area contributed by atoms with Crippen molar-refractivity contribution in [3.8, 4) is 0 Å². The molecule has 3 aromatic carbocycles. The highest BCUT2D eigenvalue weighted by Crippen LogP contribution is 2.33. The molecule has 0 amide bonds. The second kappa shape index (κ2) is 9.86. The number of halogens is 3. The summed E-state index contributed by atoms with van der Waals surface area (Å²) in [6, 6.07) is 23.9. The third kappa shape index (κ3) is 4.89. The largest absolute Gasteiger partial charge is 0.416 e. The lowest BCUT2D eigenvalue weighted by atomic mass is 9.97. The Labute approximate surface area is 213 Å². The van der Waals surface area contributed by atoms with Crippen LogP contribution in [0, 0.1) is 0 Å². The second-order valence-electron chi connectivity index (χ2n) is 9.31. The molecule has 8 heteroatoms. The molecule has 1 aliphatic rings. The van der Waals surface area contributed by atoms with E-state index in [9.17, 15) is 18.0 Å². The SMILES string of the molecule is CC(c1cccc(C(F)(F)F)c1)N1CCc2nc(N)n(C(c3ccccc3)c3ccccc3)c(=O)c2C1. The predicted molar refractivity (Wildman–Crippen MR) is 137 cm³/mol. The van der Waals surface area contributed by atoms with Crippen molar-refractivity contribution in [3.63, 3.8) is 0 Å². The molecule has 0 fully saturated rings. The normalized spacial score (nSPS) is 14.9. The van der Waals surface area contributed by atoms with Crippen LogP contribution < -0.4 is 11.3 Å². The van der Waals surface area contributed by atoms with E-state index < -0.39 is 17.8 Å². The van der Waals surface area contributed by atoms with Gasteiger partial charge >= 0.3 is 6.18 Å². The third-order valence-corrected chi connectivity index (χ3v) is 7.05. The Morgan fingerprint density at radius 3 is 2.08 bits per heavy atom. The first kappa shape index (κ1) is 24.8. The van der Waals surface area contributed by atoms with Gasteiger partial charge in [-0.1, -0.05) is 72.8 Å². The first-order valence-corrected chi connectivity index (χ1v) is 12.1. The lowest BCUT2D eigenvalue weighted by Crippen LogP contribution is -2.41. The van der Waals surface area contributed by atoms with Gasteiger partial charge in [-0.3, -0.25) is 14.3 Å². The summed E-state index contributed by atoms with van der Waals surface area (Å²) in [5, 5.41) is 0. The van der Waals surface area contributed by atoms with Crippen LogP contribution in [0.4, 0.5) is 19.1 Å². The summed E-state index contributed by atoms with van der Waals surface area (Å²) in [6.45, 7) is 2.69. The van der Waals surface area contributed by atoms with Gasteiger partial charge in [-0.15, -0.1) is 0 Å². The van der Waals surface area contributed by atoms with Crippen LogP contribution in [0.15, 0.2) is 89.7 Å². The van der Waals surface area contributed by atoms with Crippen molar-refractivity contribution in [2.75, 3.05) is 12.3 Å². The van der Waals surface area contributed by atoms with Crippen LogP contribution in [0.5, 0.6) is 0 Å². The van der Waals surface area contributed by atoms with Crippen LogP contribution >= 0.6 is 0 Å². The van der Waals surface area contributed by atoms with Crippen LogP contribution in [0.3, 0.4) is 0 Å². The van der Waals surface area contributed by atoms with Gasteiger partial charge < -0.3 is 5.73 Å². The number of anilines is 1. The summed E-state index contributed by atoms with van der Waals surface area (Å²) in [6.07, 6.45) is -3.93. The first-order valence-electron chi connectivity index (χ1n) is 12.1. The molecule has 5 rings (SSSR count). The molecule has 190 valence electrons. The molecule has 4 aromatic rings. The number of nitrogens with zero attached hydrogens (tertiary/aromatic N) is 3. The molecule has 0 radical (unpaired) electrons. The molecule has 1 aromatic heterocycles. The Kier molecular flexibility index (Phi) is 6.60. The average molecular weight is 505 g/mol. The Hall–Kier alpha value is -3.91. The van der Waals surface area contributed by atoms with E-state index in [1.54, 1.807) is 6.07 Å². The molecule has 0 saturated heterocycles. The van der Waals surface area contributed by atoms with Gasteiger partial charge in [-0.2, -0.15) is 13.2 Å². The number of alkyl halides is 3. The fraction of sp³-hybridized carbons (Fsp3) is 0.241. The van der Waals surface area contributed by atoms with E-state index in [1.807, 2.05) is 72.5 Å². The van der Waals surface area contributed by atoms with E-state index in [-0.39, 0.29) is 24.1 Å². The predicted octanol–water partition coefficient (Wildman–Crippen LogP) is 5.60. The molecule has 2 heterocycles. The number of hydrogen-bond donors (Lipinski definition) is 1. The van der Waals surface area contributed by atoms with E-state index in [2.05, 4.69) is 4.98 Å². The van der Waals surface area contributed by atoms with E-state index in [1.165, 1.54) is 16.7 Å². The van der Waals surface area contributed by atoms with Crippen LogP contribution in [0.2, 0.25) is 0 Å². The highest BCUT2D eigenvalue weighted by Gasteiger charge is 2.32. The second-order valence-corrected chi connectivity index (χ2v) is 9.31. The van der Waals surface area contributed by atoms with Gasteiger partial charge in [-0.05, 0) is 35.7 Å². The maximum absolute atomic E-state index is 14.0. The van der Waals surface area contributed by atoms with Crippen LogP contribution in [-0.4, -0.2) is 21.0 Å². The highest BCUT2D eigenvalue weighted by atomic mass is 19.4. The molecule has 0 spiro atoms. The summed E-state index contributed by atoms with van der Waals surface area (Å²) in [5.74, 6) is 0.140. The smallest absolute Gasteiger partial charge is 0.369 e. The molecule has 0 aliphatic carbocycles. The number of fused-ring (bicyclic) bond motifs is 1. The summed E-state index contributed by atoms with van der Waals surface area (Å²) in [7, 11) is 0. The first-order chi connectivity index (χ1) is 17.7. The molecule has 2 N–H and O–H groups in total. The number of rotatable bonds is 5. The van der Waals surface area contributed by atoms with E-state index in [4.69, 9.17) is 5.73 Å². The Morgan fingerprint density at radius 2 is 1.49 bits per heavy atom. The number of hydrogen-bond acceptors (Lipinski definition) is 4. The maximum atomic E-state index is 14.0. The molecule has 1 atom stereocenters. The fourth-order valence-electron chi connectivity index (χ4n) is 5.06. The fourth-order valence-corrected chi connectivity index (χ4v) is 5.06. The highest BCUT2D eigenvalue weighted by molar-refractivity contribution is 5.39. The number of benzene rings is 3. The Balaban J connectivity index is 1.55. The lowest BCUT2D eigenvalue weighted by Gasteiger charge is -2.34. The minimum Gasteiger partial charge on any atom is -0.369 e. The molecule has 1 unspecified atom stereocenters. The van der Waals surface area contributed by atoms with Gasteiger partial charge in [0.05, 0.1) is 22.9 Å². The van der Waals surface area contributed by atoms with Gasteiger partial charge in [0, 0.05) is 25.6 Å². The zero-order chi connectivity index (χ0) is 26.2. The van der Waals surface area contributed by atoms with Gasteiger partial charge in [0.15, 0.2) is 0 Å². The standard InChI is InChI=1S/C29H27F3N4O/c1-19(22-13-8-14-23(17-22)29(30,31)32)35-16-15-25-24(18-35)27(37)36(28(33)34-25)26(20-9-4-2-5-10-20)21-11-6-3-7-12-21/h2-14,17,19,26H,15-16,18H2,1H3,(H2,33,34). The van der Waals surface area contributed by atoms with Crippen molar-refractivity contribution in [2.45, 2.75) is 38.1 Å². The van der Waals surface area contributed by atoms with Crippen LogP contribution in [-0.2, 0) is 19.1 Å². The van der Waals surface area contributed by atoms with Crippen molar-refractivity contribution in [1.29, 1.82) is 0 Å². The van der Waals surface area contributed by atoms with E-state index in [0.29, 0.717) is 29.8 Å². The molecule has 5 nitrogen and oxygen atoms in total. The summed E-state index contributed by atoms with van der Waals surface area (Å²) >= 11 is 0. The monoisotopic (exact) mass is 504 g/mol. The minimum atomic E-state index is -4.41. The zero-order valence-electron chi connectivity index (χ0n) is 20.3. The molecule has 0 bridgehead atoms. The van der Waals surface area contributed by atoms with Gasteiger partial charge in [-0.25, -0.2) is 4.98 Å². The van der Waals surface area contributed by atoms with Crippen molar-refractivity contribution in [3.05, 3.63) is 129 Å². The lowest BCUT2D eigenvalue weighted by molar-refractivity contribution is -0.137. The Morgan fingerprint density at radius 1 is 0.892 bits per heavy atom. The molecule has 37 heavy (non-hydrogen) atoms. The maximum Gasteiger partial charge on any atom is 0.416 e. The molecule has 0 saturated carbocycles. The van der Waals surface area contributed by atoms with Gasteiger partial charge in [0.1, 0.15) is 0 Å². The van der Waals surface area contributed by atoms with Crippen LogP contribution in [0.1, 0.15) is 52.5 Å². The van der Waals surface area contributed by atoms with Gasteiger partial charge in [0.2, 0.25) is 5.95 Å². The summed E-state index contributed by atoms with van der Waals surface area (Å²) in [5.41, 5.74) is 8.99. The Bertz CT molecular complexity index is 1410. The van der Waals surface area contributed by atoms with E-state index >= 15 is 0 Å².